The van der Waals surface area contributed by atoms with Crippen molar-refractivity contribution in [1.82, 2.24) is 5.32 Å². The molecule has 0 atom stereocenters. The van der Waals surface area contributed by atoms with Gasteiger partial charge in [-0.05, 0) is 37.3 Å². The lowest BCUT2D eigenvalue weighted by atomic mass is 9.64. The minimum Gasteiger partial charge on any atom is -0.463 e. The summed E-state index contributed by atoms with van der Waals surface area (Å²) in [7, 11) is 0. The fourth-order valence-electron chi connectivity index (χ4n) is 3.47. The van der Waals surface area contributed by atoms with Crippen LogP contribution in [0.2, 0.25) is 0 Å². The average molecular weight is 365 g/mol. The smallest absolute Gasteiger partial charge is 0.316 e. The summed E-state index contributed by atoms with van der Waals surface area (Å²) in [5.41, 5.74) is 2.90. The lowest BCUT2D eigenvalue weighted by Gasteiger charge is -2.39. The zero-order chi connectivity index (χ0) is 19.1. The summed E-state index contributed by atoms with van der Waals surface area (Å²) < 4.78 is 5.48. The van der Waals surface area contributed by atoms with Crippen LogP contribution in [-0.4, -0.2) is 25.0 Å². The van der Waals surface area contributed by atoms with E-state index in [2.05, 4.69) is 17.4 Å². The number of carbonyl (C=O) groups excluding carboxylic acids is 2. The number of nitrogens with one attached hydrogen (secondary N) is 1. The van der Waals surface area contributed by atoms with E-state index in [1.54, 1.807) is 0 Å². The van der Waals surface area contributed by atoms with Crippen molar-refractivity contribution in [3.63, 3.8) is 0 Å². The topological polar surface area (TPSA) is 55.4 Å². The average Bonchev–Trinajstić information content (AvgIpc) is 2.65. The van der Waals surface area contributed by atoms with E-state index in [0.29, 0.717) is 19.4 Å². The molecule has 1 fully saturated rings. The Balaban J connectivity index is 1.38. The van der Waals surface area contributed by atoms with Crippen molar-refractivity contribution in [2.75, 3.05) is 13.2 Å². The number of ether oxygens (including phenoxy) is 1. The highest BCUT2D eigenvalue weighted by Crippen LogP contribution is 2.44. The number of hydrogen-bond acceptors (Lipinski definition) is 3. The summed E-state index contributed by atoms with van der Waals surface area (Å²) >= 11 is 0. The van der Waals surface area contributed by atoms with Crippen molar-refractivity contribution in [1.29, 1.82) is 0 Å². The van der Waals surface area contributed by atoms with E-state index < -0.39 is 5.41 Å². The van der Waals surface area contributed by atoms with E-state index in [1.807, 2.05) is 49.4 Å². The molecular formula is C23H27NO3. The van der Waals surface area contributed by atoms with E-state index in [-0.39, 0.29) is 18.5 Å². The van der Waals surface area contributed by atoms with Crippen LogP contribution in [0.1, 0.15) is 42.4 Å². The van der Waals surface area contributed by atoms with Crippen molar-refractivity contribution in [2.45, 2.75) is 44.4 Å². The second kappa shape index (κ2) is 8.85. The summed E-state index contributed by atoms with van der Waals surface area (Å²) in [6.07, 6.45) is 3.85. The van der Waals surface area contributed by atoms with Crippen molar-refractivity contribution >= 4 is 11.9 Å². The van der Waals surface area contributed by atoms with Gasteiger partial charge in [0.25, 0.3) is 0 Å². The lowest BCUT2D eigenvalue weighted by molar-refractivity contribution is -0.154. The number of amides is 1. The molecule has 0 aromatic heterocycles. The molecule has 0 spiro atoms. The van der Waals surface area contributed by atoms with Crippen molar-refractivity contribution in [3.05, 3.63) is 71.3 Å². The molecule has 142 valence electrons. The molecule has 4 heteroatoms. The standard InChI is InChI=1S/C23H27NO3/c1-18-8-10-19(11-9-18)12-13-21(25)24-16-17-27-22(26)23(14-5-15-23)20-6-3-2-4-7-20/h2-4,6-11H,5,12-17H2,1H3,(H,24,25). The Bertz CT molecular complexity index is 764. The zero-order valence-electron chi connectivity index (χ0n) is 15.9. The molecule has 27 heavy (non-hydrogen) atoms. The van der Waals surface area contributed by atoms with E-state index in [9.17, 15) is 9.59 Å². The van der Waals surface area contributed by atoms with E-state index in [0.717, 1.165) is 30.4 Å². The molecule has 4 nitrogen and oxygen atoms in total. The van der Waals surface area contributed by atoms with Crippen LogP contribution in [0.3, 0.4) is 0 Å². The summed E-state index contributed by atoms with van der Waals surface area (Å²) in [6, 6.07) is 18.0. The first-order valence-corrected chi connectivity index (χ1v) is 9.65. The number of hydrogen-bond donors (Lipinski definition) is 1. The molecule has 0 heterocycles. The van der Waals surface area contributed by atoms with Gasteiger partial charge in [0.2, 0.25) is 5.91 Å². The third kappa shape index (κ3) is 4.76. The van der Waals surface area contributed by atoms with Crippen LogP contribution in [-0.2, 0) is 26.2 Å². The maximum atomic E-state index is 12.6. The quantitative estimate of drug-likeness (QED) is 0.573. The molecule has 0 radical (unpaired) electrons. The first-order valence-electron chi connectivity index (χ1n) is 9.65. The van der Waals surface area contributed by atoms with Gasteiger partial charge in [-0.1, -0.05) is 66.6 Å². The largest absolute Gasteiger partial charge is 0.463 e. The maximum absolute atomic E-state index is 12.6. The van der Waals surface area contributed by atoms with Crippen LogP contribution in [0.15, 0.2) is 54.6 Å². The molecule has 0 bridgehead atoms. The van der Waals surface area contributed by atoms with Gasteiger partial charge in [0.05, 0.1) is 12.0 Å². The Morgan fingerprint density at radius 1 is 1.04 bits per heavy atom. The minimum atomic E-state index is -0.489. The zero-order valence-corrected chi connectivity index (χ0v) is 15.9. The van der Waals surface area contributed by atoms with Crippen LogP contribution in [0.4, 0.5) is 0 Å². The molecule has 2 aromatic rings. The molecular weight excluding hydrogens is 338 g/mol. The van der Waals surface area contributed by atoms with Gasteiger partial charge in [0.15, 0.2) is 0 Å². The van der Waals surface area contributed by atoms with E-state index in [4.69, 9.17) is 4.74 Å². The summed E-state index contributed by atoms with van der Waals surface area (Å²) in [4.78, 5) is 24.6. The Labute approximate surface area is 160 Å². The molecule has 1 aliphatic rings. The SMILES string of the molecule is Cc1ccc(CCC(=O)NCCOC(=O)C2(c3ccccc3)CCC2)cc1. The predicted octanol–water partition coefficient (Wildman–Crippen LogP) is 3.71. The van der Waals surface area contributed by atoms with Gasteiger partial charge in [-0.2, -0.15) is 0 Å². The third-order valence-corrected chi connectivity index (χ3v) is 5.34. The minimum absolute atomic E-state index is 0.0203. The Morgan fingerprint density at radius 2 is 1.74 bits per heavy atom. The Morgan fingerprint density at radius 3 is 2.37 bits per heavy atom. The second-order valence-electron chi connectivity index (χ2n) is 7.27. The molecule has 2 aromatic carbocycles. The monoisotopic (exact) mass is 365 g/mol. The third-order valence-electron chi connectivity index (χ3n) is 5.34. The van der Waals surface area contributed by atoms with Gasteiger partial charge < -0.3 is 10.1 Å². The fourth-order valence-corrected chi connectivity index (χ4v) is 3.47. The number of rotatable bonds is 8. The Kier molecular flexibility index (Phi) is 6.28. The highest BCUT2D eigenvalue weighted by atomic mass is 16.5. The van der Waals surface area contributed by atoms with E-state index in [1.165, 1.54) is 5.56 Å². The van der Waals surface area contributed by atoms with E-state index >= 15 is 0 Å². The second-order valence-corrected chi connectivity index (χ2v) is 7.27. The van der Waals surface area contributed by atoms with Crippen molar-refractivity contribution in [3.8, 4) is 0 Å². The molecule has 0 aliphatic heterocycles. The number of carbonyl (C=O) groups is 2. The lowest BCUT2D eigenvalue weighted by Crippen LogP contribution is -2.44. The first kappa shape index (κ1) is 19.2. The number of aryl methyl sites for hydroxylation is 2. The van der Waals surface area contributed by atoms with Gasteiger partial charge in [0, 0.05) is 6.42 Å². The highest BCUT2D eigenvalue weighted by Gasteiger charge is 2.46. The summed E-state index contributed by atoms with van der Waals surface area (Å²) in [6.45, 7) is 2.61. The summed E-state index contributed by atoms with van der Waals surface area (Å²) in [5, 5.41) is 2.83. The van der Waals surface area contributed by atoms with Crippen molar-refractivity contribution in [2.24, 2.45) is 0 Å². The highest BCUT2D eigenvalue weighted by molar-refractivity contribution is 5.84. The predicted molar refractivity (Wildman–Crippen MR) is 105 cm³/mol. The summed E-state index contributed by atoms with van der Waals surface area (Å²) in [5.74, 6) is -0.193. The van der Waals surface area contributed by atoms with Crippen LogP contribution in [0.5, 0.6) is 0 Å². The molecule has 1 amide bonds. The van der Waals surface area contributed by atoms with Crippen molar-refractivity contribution < 1.29 is 14.3 Å². The van der Waals surface area contributed by atoms with Gasteiger partial charge >= 0.3 is 5.97 Å². The molecule has 0 unspecified atom stereocenters. The van der Waals surface area contributed by atoms with Gasteiger partial charge in [0.1, 0.15) is 6.61 Å². The van der Waals surface area contributed by atoms with Gasteiger partial charge in [-0.25, -0.2) is 0 Å². The van der Waals surface area contributed by atoms with Crippen LogP contribution < -0.4 is 5.32 Å². The van der Waals surface area contributed by atoms with Gasteiger partial charge in [-0.15, -0.1) is 0 Å². The Hall–Kier alpha value is -2.62. The van der Waals surface area contributed by atoms with Gasteiger partial charge in [-0.3, -0.25) is 9.59 Å². The van der Waals surface area contributed by atoms with Crippen LogP contribution in [0.25, 0.3) is 0 Å². The normalized spacial score (nSPS) is 14.9. The first-order chi connectivity index (χ1) is 13.1. The van der Waals surface area contributed by atoms with Crippen LogP contribution >= 0.6 is 0 Å². The maximum Gasteiger partial charge on any atom is 0.316 e. The molecule has 1 aliphatic carbocycles. The number of benzene rings is 2. The van der Waals surface area contributed by atoms with Crippen LogP contribution in [0, 0.1) is 6.92 Å². The molecule has 1 N–H and O–H groups in total. The molecule has 0 saturated heterocycles. The molecule has 3 rings (SSSR count). The fraction of sp³-hybridized carbons (Fsp3) is 0.391. The molecule has 1 saturated carbocycles. The number of esters is 1.